The van der Waals surface area contributed by atoms with E-state index in [0.717, 1.165) is 30.6 Å². The molecule has 0 aromatic heterocycles. The molecule has 0 spiro atoms. The molecule has 4 nitrogen and oxygen atoms in total. The van der Waals surface area contributed by atoms with Gasteiger partial charge >= 0.3 is 0 Å². The summed E-state index contributed by atoms with van der Waals surface area (Å²) in [5, 5.41) is 18.3. The molecule has 0 bridgehead atoms. The molecule has 4 heteroatoms. The molecule has 2 rings (SSSR count). The van der Waals surface area contributed by atoms with E-state index >= 15 is 0 Å². The number of hydrogen-bond acceptors (Lipinski definition) is 4. The molecule has 0 heterocycles. The summed E-state index contributed by atoms with van der Waals surface area (Å²) in [5.74, 6) is 0.499. The van der Waals surface area contributed by atoms with Crippen LogP contribution in [0.5, 0.6) is 11.5 Å². The number of phenols is 2. The minimum Gasteiger partial charge on any atom is -0.508 e. The van der Waals surface area contributed by atoms with Crippen molar-refractivity contribution in [2.45, 2.75) is 19.3 Å². The van der Waals surface area contributed by atoms with E-state index in [9.17, 15) is 0 Å². The molecule has 0 saturated carbocycles. The molecule has 0 amide bonds. The average Bonchev–Trinajstić information content (AvgIpc) is 2.50. The molecule has 0 aliphatic rings. The molecule has 2 aromatic rings. The van der Waals surface area contributed by atoms with Crippen LogP contribution in [0.1, 0.15) is 19.3 Å². The summed E-state index contributed by atoms with van der Waals surface area (Å²) in [6.07, 6.45) is 6.48. The standard InChI is InChI=1S/C17H18N2O2/c20-16-8-4-14(5-9-16)18-12-2-1-3-13-19-15-6-10-17(21)11-7-15/h4-13,20-21H,1-3H2. The number of rotatable bonds is 6. The van der Waals surface area contributed by atoms with Crippen molar-refractivity contribution in [3.8, 4) is 11.5 Å². The normalized spacial score (nSPS) is 11.4. The van der Waals surface area contributed by atoms with Gasteiger partial charge in [-0.2, -0.15) is 0 Å². The highest BCUT2D eigenvalue weighted by molar-refractivity contribution is 5.66. The van der Waals surface area contributed by atoms with E-state index in [1.54, 1.807) is 48.5 Å². The van der Waals surface area contributed by atoms with Crippen LogP contribution in [0.2, 0.25) is 0 Å². The van der Waals surface area contributed by atoms with Gasteiger partial charge in [0.05, 0.1) is 11.4 Å². The minimum absolute atomic E-state index is 0.249. The first-order valence-electron chi connectivity index (χ1n) is 6.87. The second kappa shape index (κ2) is 7.85. The van der Waals surface area contributed by atoms with Crippen LogP contribution >= 0.6 is 0 Å². The summed E-state index contributed by atoms with van der Waals surface area (Å²) in [6, 6.07) is 13.6. The Balaban J connectivity index is 1.67. The third-order valence-electron chi connectivity index (χ3n) is 2.85. The third kappa shape index (κ3) is 5.48. The van der Waals surface area contributed by atoms with Gasteiger partial charge in [-0.05, 0) is 67.8 Å². The van der Waals surface area contributed by atoms with Crippen LogP contribution in [-0.4, -0.2) is 22.6 Å². The lowest BCUT2D eigenvalue weighted by molar-refractivity contribution is 0.475. The smallest absolute Gasteiger partial charge is 0.115 e. The molecule has 0 saturated heterocycles. The molecule has 0 aliphatic carbocycles. The Bertz CT molecular complexity index is 546. The van der Waals surface area contributed by atoms with E-state index in [4.69, 9.17) is 10.2 Å². The van der Waals surface area contributed by atoms with Crippen LogP contribution in [0, 0.1) is 0 Å². The van der Waals surface area contributed by atoms with Crippen molar-refractivity contribution in [1.29, 1.82) is 0 Å². The maximum absolute atomic E-state index is 9.15. The lowest BCUT2D eigenvalue weighted by atomic mass is 10.2. The largest absolute Gasteiger partial charge is 0.508 e. The Morgan fingerprint density at radius 1 is 0.667 bits per heavy atom. The first-order chi connectivity index (χ1) is 10.2. The Hall–Kier alpha value is -2.62. The number of unbranched alkanes of at least 4 members (excludes halogenated alkanes) is 2. The number of benzene rings is 2. The Labute approximate surface area is 124 Å². The third-order valence-corrected chi connectivity index (χ3v) is 2.85. The van der Waals surface area contributed by atoms with Crippen LogP contribution in [-0.2, 0) is 0 Å². The van der Waals surface area contributed by atoms with Crippen molar-refractivity contribution in [3.63, 3.8) is 0 Å². The Morgan fingerprint density at radius 2 is 1.05 bits per heavy atom. The van der Waals surface area contributed by atoms with Gasteiger partial charge in [-0.25, -0.2) is 0 Å². The predicted octanol–water partition coefficient (Wildman–Crippen LogP) is 4.37. The summed E-state index contributed by atoms with van der Waals surface area (Å²) in [7, 11) is 0. The zero-order chi connectivity index (χ0) is 14.9. The molecule has 2 N–H and O–H groups in total. The fourth-order valence-electron chi connectivity index (χ4n) is 1.72. The highest BCUT2D eigenvalue weighted by atomic mass is 16.3. The Kier molecular flexibility index (Phi) is 5.52. The highest BCUT2D eigenvalue weighted by Gasteiger charge is 1.90. The first kappa shape index (κ1) is 14.8. The number of aromatic hydroxyl groups is 2. The van der Waals surface area contributed by atoms with E-state index in [0.29, 0.717) is 0 Å². The lowest BCUT2D eigenvalue weighted by Crippen LogP contribution is -1.79. The summed E-state index contributed by atoms with van der Waals surface area (Å²) in [6.45, 7) is 0. The molecule has 0 unspecified atom stereocenters. The van der Waals surface area contributed by atoms with E-state index in [2.05, 4.69) is 9.98 Å². The maximum atomic E-state index is 9.15. The zero-order valence-corrected chi connectivity index (χ0v) is 11.7. The van der Waals surface area contributed by atoms with Crippen LogP contribution < -0.4 is 0 Å². The molecule has 2 aromatic carbocycles. The molecule has 0 radical (unpaired) electrons. The van der Waals surface area contributed by atoms with E-state index in [1.165, 1.54) is 0 Å². The van der Waals surface area contributed by atoms with E-state index in [1.807, 2.05) is 12.4 Å². The molecule has 0 fully saturated rings. The summed E-state index contributed by atoms with van der Waals surface area (Å²) < 4.78 is 0. The van der Waals surface area contributed by atoms with Gasteiger partial charge in [0.2, 0.25) is 0 Å². The van der Waals surface area contributed by atoms with Gasteiger partial charge in [0.15, 0.2) is 0 Å². The first-order valence-corrected chi connectivity index (χ1v) is 6.87. The predicted molar refractivity (Wildman–Crippen MR) is 86.4 cm³/mol. The highest BCUT2D eigenvalue weighted by Crippen LogP contribution is 2.17. The van der Waals surface area contributed by atoms with Crippen molar-refractivity contribution in [3.05, 3.63) is 48.5 Å². The lowest BCUT2D eigenvalue weighted by Gasteiger charge is -1.95. The number of hydrogen-bond donors (Lipinski definition) is 2. The van der Waals surface area contributed by atoms with Gasteiger partial charge < -0.3 is 10.2 Å². The van der Waals surface area contributed by atoms with Crippen LogP contribution in [0.15, 0.2) is 58.5 Å². The van der Waals surface area contributed by atoms with Gasteiger partial charge in [0.25, 0.3) is 0 Å². The number of aliphatic imine (C=N–C) groups is 2. The van der Waals surface area contributed by atoms with Gasteiger partial charge in [-0.15, -0.1) is 0 Å². The summed E-state index contributed by atoms with van der Waals surface area (Å²) >= 11 is 0. The van der Waals surface area contributed by atoms with Crippen molar-refractivity contribution in [2.24, 2.45) is 9.98 Å². The van der Waals surface area contributed by atoms with E-state index in [-0.39, 0.29) is 11.5 Å². The van der Waals surface area contributed by atoms with Gasteiger partial charge in [-0.1, -0.05) is 0 Å². The topological polar surface area (TPSA) is 65.2 Å². The fourth-order valence-corrected chi connectivity index (χ4v) is 1.72. The number of phenolic OH excluding ortho intramolecular Hbond substituents is 2. The molecular weight excluding hydrogens is 264 g/mol. The second-order valence-corrected chi connectivity index (χ2v) is 4.59. The SMILES string of the molecule is Oc1ccc(N=CCCCC=Nc2ccc(O)cc2)cc1. The van der Waals surface area contributed by atoms with Gasteiger partial charge in [0, 0.05) is 12.4 Å². The van der Waals surface area contributed by atoms with Gasteiger partial charge in [-0.3, -0.25) is 9.98 Å². The zero-order valence-electron chi connectivity index (χ0n) is 11.7. The summed E-state index contributed by atoms with van der Waals surface area (Å²) in [4.78, 5) is 8.61. The van der Waals surface area contributed by atoms with Gasteiger partial charge in [0.1, 0.15) is 11.5 Å². The number of nitrogens with zero attached hydrogens (tertiary/aromatic N) is 2. The average molecular weight is 282 g/mol. The molecule has 21 heavy (non-hydrogen) atoms. The van der Waals surface area contributed by atoms with Crippen molar-refractivity contribution in [2.75, 3.05) is 0 Å². The second-order valence-electron chi connectivity index (χ2n) is 4.59. The quantitative estimate of drug-likeness (QED) is 0.610. The van der Waals surface area contributed by atoms with E-state index < -0.39 is 0 Å². The van der Waals surface area contributed by atoms with Crippen LogP contribution in [0.25, 0.3) is 0 Å². The Morgan fingerprint density at radius 3 is 1.43 bits per heavy atom. The molecular formula is C17H18N2O2. The minimum atomic E-state index is 0.249. The molecule has 0 aliphatic heterocycles. The monoisotopic (exact) mass is 282 g/mol. The summed E-state index contributed by atoms with van der Waals surface area (Å²) in [5.41, 5.74) is 1.68. The van der Waals surface area contributed by atoms with Crippen molar-refractivity contribution >= 4 is 23.8 Å². The fraction of sp³-hybridized carbons (Fsp3) is 0.176. The van der Waals surface area contributed by atoms with Crippen LogP contribution in [0.4, 0.5) is 11.4 Å². The molecule has 108 valence electrons. The maximum Gasteiger partial charge on any atom is 0.115 e. The van der Waals surface area contributed by atoms with Crippen molar-refractivity contribution < 1.29 is 10.2 Å². The molecule has 0 atom stereocenters. The van der Waals surface area contributed by atoms with Crippen LogP contribution in [0.3, 0.4) is 0 Å². The van der Waals surface area contributed by atoms with Crippen molar-refractivity contribution in [1.82, 2.24) is 0 Å².